The van der Waals surface area contributed by atoms with Crippen LogP contribution in [0, 0.1) is 48.5 Å². The first-order valence-corrected chi connectivity index (χ1v) is 44.1. The predicted octanol–water partition coefficient (Wildman–Crippen LogP) is 21.6. The molecule has 536 valence electrons. The third-order valence-electron chi connectivity index (χ3n) is 22.9. The maximum Gasteiger partial charge on any atom is 0.251 e. The average molecular weight is 1490 g/mol. The molecule has 0 aromatic heterocycles. The van der Waals surface area contributed by atoms with Gasteiger partial charge in [0, 0.05) is 61.9 Å². The molecule has 0 fully saturated rings. The van der Waals surface area contributed by atoms with Gasteiger partial charge in [0.25, 0.3) is 6.71 Å². The van der Waals surface area contributed by atoms with Gasteiger partial charge in [-0.15, -0.1) is 0 Å². The minimum Gasteiger partial charge on any atom is -0.311 e. The molecule has 9 heteroatoms. The second-order valence-corrected chi connectivity index (χ2v) is 39.4. The smallest absolute Gasteiger partial charge is 0.251 e. The van der Waals surface area contributed by atoms with Crippen molar-refractivity contribution in [1.82, 2.24) is 0 Å². The number of rotatable bonds is 10. The molecule has 0 saturated heterocycles. The van der Waals surface area contributed by atoms with Gasteiger partial charge in [0.05, 0.1) is 16.4 Å². The van der Waals surface area contributed by atoms with E-state index in [4.69, 9.17) is 23.2 Å². The first-order valence-electron chi connectivity index (χ1n) is 38.4. The highest BCUT2D eigenvalue weighted by Gasteiger charge is 2.54. The van der Waals surface area contributed by atoms with Crippen molar-refractivity contribution in [1.29, 1.82) is 0 Å². The summed E-state index contributed by atoms with van der Waals surface area (Å²) in [4.78, 5) is 9.78. The fraction of sp³-hybridized carbons (Fsp3) is 0.109. The minimum absolute atomic E-state index is 0.181. The lowest BCUT2D eigenvalue weighted by Gasteiger charge is -2.51. The fourth-order valence-corrected chi connectivity index (χ4v) is 26.6. The molecular weight excluding hydrogens is 1410 g/mol. The average Bonchev–Trinajstić information content (AvgIpc) is 0.666. The first-order chi connectivity index (χ1) is 53.5. The van der Waals surface area contributed by atoms with E-state index in [1.807, 2.05) is 12.1 Å². The van der Waals surface area contributed by atoms with Gasteiger partial charge in [-0.25, -0.2) is 0 Å². The number of nitrogens with zero attached hydrogens (tertiary/aromatic N) is 4. The molecule has 0 amide bonds. The number of fused-ring (bicyclic) bond motifs is 6. The monoisotopic (exact) mass is 1490 g/mol. The third kappa shape index (κ3) is 13.0. The van der Waals surface area contributed by atoms with Gasteiger partial charge in [-0.1, -0.05) is 283 Å². The molecule has 0 radical (unpaired) electrons. The van der Waals surface area contributed by atoms with Gasteiger partial charge in [-0.05, 0) is 263 Å². The SMILES string of the molecule is Cc1cc(Cc2ccccc2)c(Cl)c(Cc2ccccc2)c1.Cc1cc2c3c(c1)N(c1ccccc1)c1cc(C)cc4c1B3c1c(cc(C)cc1[Si]4(C)c1ccccc1)N2c1ccccc1.Cc1cc2cc(c1)[Si](C)(c1ccccc1)c1cc(C)cc(c1)N(c1ccccc1)c1cc(C)cc(c1Cl)N2c1ccccc1. The van der Waals surface area contributed by atoms with Crippen LogP contribution in [0.15, 0.2) is 340 Å². The molecule has 0 saturated carbocycles. The highest BCUT2D eigenvalue weighted by molar-refractivity contribution is 7.21. The summed E-state index contributed by atoms with van der Waals surface area (Å²) in [6.45, 7) is 20.8. The Morgan fingerprint density at radius 1 is 0.245 bits per heavy atom. The quantitative estimate of drug-likeness (QED) is 0.127. The second kappa shape index (κ2) is 29.5. The van der Waals surface area contributed by atoms with Crippen LogP contribution in [0.1, 0.15) is 61.2 Å². The predicted molar refractivity (Wildman–Crippen MR) is 478 cm³/mol. The van der Waals surface area contributed by atoms with Crippen LogP contribution in [0.5, 0.6) is 0 Å². The summed E-state index contributed by atoms with van der Waals surface area (Å²) in [6, 6.07) is 124. The molecule has 0 N–H and O–H groups in total. The minimum atomic E-state index is -2.49. The van der Waals surface area contributed by atoms with Gasteiger partial charge >= 0.3 is 0 Å². The summed E-state index contributed by atoms with van der Waals surface area (Å²) in [6.07, 6.45) is 1.76. The molecule has 110 heavy (non-hydrogen) atoms. The zero-order chi connectivity index (χ0) is 75.5. The Kier molecular flexibility index (Phi) is 19.2. The number of halogens is 2. The van der Waals surface area contributed by atoms with E-state index in [2.05, 4.69) is 409 Å². The van der Waals surface area contributed by atoms with Crippen molar-refractivity contribution in [2.45, 2.75) is 74.4 Å². The van der Waals surface area contributed by atoms with Gasteiger partial charge in [0.2, 0.25) is 0 Å². The summed E-state index contributed by atoms with van der Waals surface area (Å²) < 4.78 is 0. The highest BCUT2D eigenvalue weighted by atomic mass is 35.5. The lowest BCUT2D eigenvalue weighted by atomic mass is 9.33. The van der Waals surface area contributed by atoms with E-state index < -0.39 is 16.1 Å². The van der Waals surface area contributed by atoms with Gasteiger partial charge in [0.1, 0.15) is 16.1 Å². The molecule has 4 aliphatic rings. The molecular formula is C101H87BCl2N4Si2. The first kappa shape index (κ1) is 71.5. The Hall–Kier alpha value is -11.4. The molecule has 15 aromatic rings. The zero-order valence-electron chi connectivity index (χ0n) is 63.9. The van der Waals surface area contributed by atoms with Crippen LogP contribution >= 0.6 is 23.2 Å². The number of hydrogen-bond donors (Lipinski definition) is 0. The maximum atomic E-state index is 7.58. The van der Waals surface area contributed by atoms with Crippen LogP contribution in [-0.4, -0.2) is 22.9 Å². The molecule has 0 atom stereocenters. The Bertz CT molecular complexity index is 5650. The Balaban J connectivity index is 0.000000127. The van der Waals surface area contributed by atoms with Crippen molar-refractivity contribution in [3.05, 3.63) is 411 Å². The normalized spacial score (nSPS) is 13.5. The van der Waals surface area contributed by atoms with Crippen LogP contribution in [0.25, 0.3) is 0 Å². The van der Waals surface area contributed by atoms with Gasteiger partial charge in [0.15, 0.2) is 0 Å². The van der Waals surface area contributed by atoms with Crippen LogP contribution in [0.3, 0.4) is 0 Å². The summed E-state index contributed by atoms with van der Waals surface area (Å²) in [5.41, 5.74) is 32.2. The van der Waals surface area contributed by atoms with E-state index in [1.54, 1.807) is 10.4 Å². The number of benzene rings is 15. The van der Waals surface area contributed by atoms with Crippen LogP contribution in [0.2, 0.25) is 23.1 Å². The van der Waals surface area contributed by atoms with Crippen LogP contribution in [-0.2, 0) is 12.8 Å². The summed E-state index contributed by atoms with van der Waals surface area (Å²) in [5, 5.41) is 10.3. The molecule has 0 spiro atoms. The van der Waals surface area contributed by atoms with Crippen LogP contribution in [0.4, 0.5) is 68.2 Å². The molecule has 19 rings (SSSR count). The summed E-state index contributed by atoms with van der Waals surface area (Å²) in [5.74, 6) is 0. The van der Waals surface area contributed by atoms with E-state index in [-0.39, 0.29) is 6.71 Å². The molecule has 0 unspecified atom stereocenters. The molecule has 4 aliphatic heterocycles. The topological polar surface area (TPSA) is 13.0 Å². The van der Waals surface area contributed by atoms with E-state index >= 15 is 0 Å². The Morgan fingerprint density at radius 2 is 0.527 bits per heavy atom. The van der Waals surface area contributed by atoms with Crippen molar-refractivity contribution in [2.75, 3.05) is 19.6 Å². The van der Waals surface area contributed by atoms with Gasteiger partial charge in [-0.2, -0.15) is 0 Å². The number of hydrogen-bond acceptors (Lipinski definition) is 4. The van der Waals surface area contributed by atoms with Crippen molar-refractivity contribution in [3.8, 4) is 0 Å². The lowest BCUT2D eigenvalue weighted by molar-refractivity contribution is 1.12. The number of aryl methyl sites for hydroxylation is 7. The fourth-order valence-electron chi connectivity index (χ4n) is 17.9. The maximum absolute atomic E-state index is 7.58. The lowest BCUT2D eigenvalue weighted by Crippen LogP contribution is -2.83. The van der Waals surface area contributed by atoms with Gasteiger partial charge in [-0.3, -0.25) is 0 Å². The number of para-hydroxylation sites is 4. The van der Waals surface area contributed by atoms with E-state index in [1.165, 1.54) is 127 Å². The third-order valence-corrected chi connectivity index (χ3v) is 32.6. The van der Waals surface area contributed by atoms with Crippen LogP contribution < -0.4 is 67.1 Å². The Morgan fingerprint density at radius 3 is 0.891 bits per heavy atom. The van der Waals surface area contributed by atoms with E-state index in [0.29, 0.717) is 5.02 Å². The van der Waals surface area contributed by atoms with E-state index in [0.717, 1.165) is 57.6 Å². The highest BCUT2D eigenvalue weighted by Crippen LogP contribution is 2.50. The molecule has 6 bridgehead atoms. The van der Waals surface area contributed by atoms with Crippen molar-refractivity contribution in [2.24, 2.45) is 0 Å². The summed E-state index contributed by atoms with van der Waals surface area (Å²) in [7, 11) is -4.91. The molecule has 15 aromatic carbocycles. The molecule has 0 aliphatic carbocycles. The van der Waals surface area contributed by atoms with E-state index in [9.17, 15) is 0 Å². The van der Waals surface area contributed by atoms with Crippen molar-refractivity contribution in [3.63, 3.8) is 0 Å². The van der Waals surface area contributed by atoms with Crippen molar-refractivity contribution >= 4 is 162 Å². The zero-order valence-corrected chi connectivity index (χ0v) is 67.4. The van der Waals surface area contributed by atoms with Gasteiger partial charge < -0.3 is 19.6 Å². The summed E-state index contributed by atoms with van der Waals surface area (Å²) >= 11 is 14.3. The Labute approximate surface area is 661 Å². The molecule has 4 heterocycles. The number of anilines is 12. The largest absolute Gasteiger partial charge is 0.311 e. The second-order valence-electron chi connectivity index (χ2n) is 30.8. The molecule has 4 nitrogen and oxygen atoms in total. The standard InChI is InChI=1S/C40H33BN2Si.C40H35ClN2Si.C21H19Cl/c1-26-20-32-38-33(21-26)43(30-16-10-6-11-17-30)35-23-28(3)25-37-40(35)41(38)39-34(42(32)29-14-8-5-9-15-29)22-27(2)24-36(39)44(37,4)31-18-12-7-13-19-31;1-28-20-33-26-36(22-28)44(4,35-18-12-7-13-19-35)37-23-29(2)21-34(27-37)43(32-16-10-6-11-17-32)39-25-30(3)24-38(40(39)41)42(33)31-14-8-5-9-15-31;1-16-12-19(14-17-8-4-2-5-9-17)21(22)20(13-16)15-18-10-6-3-7-11-18/h5-25H,1-4H3;5-27H,1-4H3;2-13H,14-15H2,1H3. The van der Waals surface area contributed by atoms with Crippen molar-refractivity contribution < 1.29 is 0 Å².